The van der Waals surface area contributed by atoms with E-state index in [-0.39, 0.29) is 5.60 Å². The van der Waals surface area contributed by atoms with Gasteiger partial charge < -0.3 is 14.8 Å². The van der Waals surface area contributed by atoms with Crippen LogP contribution in [0.2, 0.25) is 5.02 Å². The standard InChI is InChI=1S/C28H32ClN3O2/c1-4-33-24-17-19(16-21-10-13-28(2,3)34-27(21)24)18-32-14-11-22(12-15-32)30-25-9-8-20-6-5-7-23(29)26(20)31-25/h5-10,13,16-17,22H,4,11-12,14-15,18H2,1-3H3,(H,30,31). The van der Waals surface area contributed by atoms with Crippen LogP contribution in [0.1, 0.15) is 44.7 Å². The van der Waals surface area contributed by atoms with Crippen LogP contribution in [0.25, 0.3) is 17.0 Å². The van der Waals surface area contributed by atoms with Crippen molar-refractivity contribution < 1.29 is 9.47 Å². The van der Waals surface area contributed by atoms with Gasteiger partial charge in [-0.1, -0.05) is 29.8 Å². The first-order valence-corrected chi connectivity index (χ1v) is 12.5. The topological polar surface area (TPSA) is 46.6 Å². The van der Waals surface area contributed by atoms with Gasteiger partial charge in [-0.3, -0.25) is 4.90 Å². The molecule has 5 rings (SSSR count). The maximum atomic E-state index is 6.34. The summed E-state index contributed by atoms with van der Waals surface area (Å²) in [6.45, 7) is 9.74. The van der Waals surface area contributed by atoms with E-state index in [1.807, 2.05) is 31.2 Å². The maximum absolute atomic E-state index is 6.34. The fourth-order valence-electron chi connectivity index (χ4n) is 4.75. The minimum Gasteiger partial charge on any atom is -0.490 e. The van der Waals surface area contributed by atoms with E-state index in [1.165, 1.54) is 5.56 Å². The van der Waals surface area contributed by atoms with Crippen molar-refractivity contribution in [2.45, 2.75) is 51.8 Å². The van der Waals surface area contributed by atoms with Crippen LogP contribution in [0.4, 0.5) is 5.82 Å². The van der Waals surface area contributed by atoms with E-state index in [9.17, 15) is 0 Å². The van der Waals surface area contributed by atoms with E-state index in [2.05, 4.69) is 54.4 Å². The fourth-order valence-corrected chi connectivity index (χ4v) is 4.98. The number of hydrogen-bond donors (Lipinski definition) is 1. The molecule has 34 heavy (non-hydrogen) atoms. The van der Waals surface area contributed by atoms with Gasteiger partial charge in [0.15, 0.2) is 11.5 Å². The summed E-state index contributed by atoms with van der Waals surface area (Å²) in [6, 6.07) is 14.8. The molecule has 2 aromatic carbocycles. The molecule has 0 spiro atoms. The Balaban J connectivity index is 1.23. The highest BCUT2D eigenvalue weighted by Crippen LogP contribution is 2.40. The van der Waals surface area contributed by atoms with Crippen molar-refractivity contribution in [2.24, 2.45) is 0 Å². The number of benzene rings is 2. The highest BCUT2D eigenvalue weighted by Gasteiger charge is 2.26. The molecule has 0 bridgehead atoms. The number of halogens is 1. The molecule has 1 fully saturated rings. The first-order valence-electron chi connectivity index (χ1n) is 12.1. The zero-order valence-corrected chi connectivity index (χ0v) is 20.9. The van der Waals surface area contributed by atoms with Gasteiger partial charge in [0.25, 0.3) is 0 Å². The van der Waals surface area contributed by atoms with E-state index < -0.39 is 0 Å². The number of aromatic nitrogens is 1. The van der Waals surface area contributed by atoms with Crippen LogP contribution in [-0.2, 0) is 6.54 Å². The summed E-state index contributed by atoms with van der Waals surface area (Å²) in [6.07, 6.45) is 6.41. The second-order valence-electron chi connectivity index (χ2n) is 9.69. The lowest BCUT2D eigenvalue weighted by Crippen LogP contribution is -2.38. The smallest absolute Gasteiger partial charge is 0.169 e. The second-order valence-corrected chi connectivity index (χ2v) is 10.1. The molecule has 2 aliphatic heterocycles. The summed E-state index contributed by atoms with van der Waals surface area (Å²) < 4.78 is 12.2. The number of ether oxygens (including phenoxy) is 2. The Kier molecular flexibility index (Phi) is 6.41. The molecule has 0 atom stereocenters. The van der Waals surface area contributed by atoms with Crippen LogP contribution < -0.4 is 14.8 Å². The third-order valence-corrected chi connectivity index (χ3v) is 6.79. The monoisotopic (exact) mass is 477 g/mol. The molecular formula is C28H32ClN3O2. The third-order valence-electron chi connectivity index (χ3n) is 6.49. The maximum Gasteiger partial charge on any atom is 0.169 e. The quantitative estimate of drug-likeness (QED) is 0.436. The van der Waals surface area contributed by atoms with Crippen molar-refractivity contribution in [2.75, 3.05) is 25.0 Å². The number of pyridine rings is 1. The molecule has 0 unspecified atom stereocenters. The third kappa shape index (κ3) is 5.01. The zero-order valence-electron chi connectivity index (χ0n) is 20.1. The molecule has 6 heteroatoms. The summed E-state index contributed by atoms with van der Waals surface area (Å²) in [4.78, 5) is 7.26. The average molecular weight is 478 g/mol. The Morgan fingerprint density at radius 2 is 2.00 bits per heavy atom. The molecule has 178 valence electrons. The number of nitrogens with zero attached hydrogens (tertiary/aromatic N) is 2. The van der Waals surface area contributed by atoms with Gasteiger partial charge in [0.05, 0.1) is 17.1 Å². The molecule has 0 aliphatic carbocycles. The van der Waals surface area contributed by atoms with E-state index >= 15 is 0 Å². The molecular weight excluding hydrogens is 446 g/mol. The Labute approximate surface area is 206 Å². The lowest BCUT2D eigenvalue weighted by atomic mass is 9.99. The molecule has 0 saturated carbocycles. The van der Waals surface area contributed by atoms with E-state index in [1.54, 1.807) is 0 Å². The van der Waals surface area contributed by atoms with Crippen LogP contribution >= 0.6 is 11.6 Å². The SMILES string of the molecule is CCOc1cc(CN2CCC(Nc3ccc4cccc(Cl)c4n3)CC2)cc2c1OC(C)(C)C=C2. The molecule has 1 N–H and O–H groups in total. The summed E-state index contributed by atoms with van der Waals surface area (Å²) in [5.74, 6) is 2.58. The van der Waals surface area contributed by atoms with Gasteiger partial charge in [-0.25, -0.2) is 4.98 Å². The molecule has 1 aromatic heterocycles. The Morgan fingerprint density at radius 1 is 1.18 bits per heavy atom. The molecule has 1 saturated heterocycles. The number of para-hydroxylation sites is 1. The van der Waals surface area contributed by atoms with Gasteiger partial charge >= 0.3 is 0 Å². The van der Waals surface area contributed by atoms with E-state index in [4.69, 9.17) is 26.1 Å². The van der Waals surface area contributed by atoms with Crippen LogP contribution in [0, 0.1) is 0 Å². The molecule has 0 amide bonds. The minimum atomic E-state index is -0.319. The van der Waals surface area contributed by atoms with Crippen molar-refractivity contribution in [3.63, 3.8) is 0 Å². The first-order chi connectivity index (χ1) is 16.4. The van der Waals surface area contributed by atoms with Crippen molar-refractivity contribution in [1.29, 1.82) is 0 Å². The molecule has 3 aromatic rings. The summed E-state index contributed by atoms with van der Waals surface area (Å²) >= 11 is 6.34. The van der Waals surface area contributed by atoms with E-state index in [0.717, 1.165) is 66.3 Å². The Morgan fingerprint density at radius 3 is 2.79 bits per heavy atom. The average Bonchev–Trinajstić information content (AvgIpc) is 2.81. The Hall–Kier alpha value is -2.76. The van der Waals surface area contributed by atoms with Crippen molar-refractivity contribution in [3.8, 4) is 11.5 Å². The zero-order chi connectivity index (χ0) is 23.7. The number of rotatable bonds is 6. The molecule has 5 nitrogen and oxygen atoms in total. The fraction of sp³-hybridized carbons (Fsp3) is 0.393. The van der Waals surface area contributed by atoms with Crippen LogP contribution in [0.15, 0.2) is 48.5 Å². The number of piperidine rings is 1. The molecule has 2 aliphatic rings. The lowest BCUT2D eigenvalue weighted by molar-refractivity contribution is 0.149. The number of nitrogens with one attached hydrogen (secondary N) is 1. The van der Waals surface area contributed by atoms with Gasteiger partial charge in [0.1, 0.15) is 11.4 Å². The predicted octanol–water partition coefficient (Wildman–Crippen LogP) is 6.55. The van der Waals surface area contributed by atoms with Crippen molar-refractivity contribution >= 4 is 34.4 Å². The van der Waals surface area contributed by atoms with Gasteiger partial charge in [-0.2, -0.15) is 0 Å². The molecule has 3 heterocycles. The number of anilines is 1. The van der Waals surface area contributed by atoms with Crippen molar-refractivity contribution in [1.82, 2.24) is 9.88 Å². The minimum absolute atomic E-state index is 0.319. The summed E-state index contributed by atoms with van der Waals surface area (Å²) in [7, 11) is 0. The molecule has 0 radical (unpaired) electrons. The lowest BCUT2D eigenvalue weighted by Gasteiger charge is -2.33. The van der Waals surface area contributed by atoms with Gasteiger partial charge in [-0.15, -0.1) is 0 Å². The summed E-state index contributed by atoms with van der Waals surface area (Å²) in [5.41, 5.74) is 2.89. The number of fused-ring (bicyclic) bond motifs is 2. The van der Waals surface area contributed by atoms with Gasteiger partial charge in [-0.05, 0) is 75.6 Å². The normalized spacial score (nSPS) is 17.9. The number of hydrogen-bond acceptors (Lipinski definition) is 5. The van der Waals surface area contributed by atoms with E-state index in [0.29, 0.717) is 17.7 Å². The Bertz CT molecular complexity index is 1220. The van der Waals surface area contributed by atoms with Crippen molar-refractivity contribution in [3.05, 3.63) is 64.7 Å². The predicted molar refractivity (Wildman–Crippen MR) is 140 cm³/mol. The van der Waals surface area contributed by atoms with Gasteiger partial charge in [0.2, 0.25) is 0 Å². The van der Waals surface area contributed by atoms with Crippen LogP contribution in [-0.4, -0.2) is 41.2 Å². The highest BCUT2D eigenvalue weighted by atomic mass is 35.5. The van der Waals surface area contributed by atoms with Crippen LogP contribution in [0.5, 0.6) is 11.5 Å². The first kappa shape index (κ1) is 23.0. The largest absolute Gasteiger partial charge is 0.490 e. The summed E-state index contributed by atoms with van der Waals surface area (Å²) in [5, 5.41) is 5.37. The van der Waals surface area contributed by atoms with Gasteiger partial charge in [0, 0.05) is 36.6 Å². The number of likely N-dealkylation sites (tertiary alicyclic amines) is 1. The highest BCUT2D eigenvalue weighted by molar-refractivity contribution is 6.35. The second kappa shape index (κ2) is 9.47. The van der Waals surface area contributed by atoms with Crippen LogP contribution in [0.3, 0.4) is 0 Å².